The average molecular weight is 496 g/mol. The van der Waals surface area contributed by atoms with Gasteiger partial charge < -0.3 is 27.4 Å². The fourth-order valence-corrected chi connectivity index (χ4v) is 9.01. The molecular weight excluding hydrogens is 434 g/mol. The molecule has 0 amide bonds. The normalized spacial score (nSPS) is 39.8. The average Bonchev–Trinajstić information content (AvgIpc) is 3.11. The van der Waals surface area contributed by atoms with Crippen LogP contribution in [0.5, 0.6) is 0 Å². The summed E-state index contributed by atoms with van der Waals surface area (Å²) < 4.78 is 0. The van der Waals surface area contributed by atoms with Gasteiger partial charge in [0.05, 0.1) is 0 Å². The van der Waals surface area contributed by atoms with Gasteiger partial charge in [0.1, 0.15) is 0 Å². The van der Waals surface area contributed by atoms with Crippen molar-refractivity contribution in [1.82, 2.24) is 0 Å². The van der Waals surface area contributed by atoms with Crippen molar-refractivity contribution in [1.29, 1.82) is 0 Å². The second kappa shape index (κ2) is 14.7. The van der Waals surface area contributed by atoms with Crippen molar-refractivity contribution in [3.63, 3.8) is 0 Å². The summed E-state index contributed by atoms with van der Waals surface area (Å²) in [5, 5.41) is 16.0. The van der Waals surface area contributed by atoms with Gasteiger partial charge in [0.15, 0.2) is 0 Å². The number of aliphatic hydroxyl groups is 2. The van der Waals surface area contributed by atoms with Gasteiger partial charge in [0, 0.05) is 13.2 Å². The minimum atomic E-state index is 0.219. The van der Waals surface area contributed by atoms with Crippen LogP contribution in [0, 0.1) is 39.9 Å². The van der Waals surface area contributed by atoms with Crippen LogP contribution in [-0.2, 0) is 0 Å². The number of unbranched alkanes of at least 4 members (excludes halogenated alkanes) is 1. The van der Waals surface area contributed by atoms with E-state index in [0.29, 0.717) is 29.3 Å². The van der Waals surface area contributed by atoms with Crippen LogP contribution in [-0.4, -0.2) is 43.1 Å². The summed E-state index contributed by atoms with van der Waals surface area (Å²) in [6, 6.07) is 0. The fourth-order valence-electron chi connectivity index (χ4n) is 9.01. The van der Waals surface area contributed by atoms with E-state index in [1.54, 1.807) is 12.8 Å². The van der Waals surface area contributed by atoms with Gasteiger partial charge in [-0.1, -0.05) is 40.0 Å². The molecule has 35 heavy (non-hydrogen) atoms. The van der Waals surface area contributed by atoms with E-state index in [-0.39, 0.29) is 13.2 Å². The molecule has 4 rings (SSSR count). The van der Waals surface area contributed by atoms with Crippen LogP contribution in [0.4, 0.5) is 0 Å². The molecule has 4 aliphatic carbocycles. The molecule has 0 saturated heterocycles. The van der Waals surface area contributed by atoms with Gasteiger partial charge in [-0.3, -0.25) is 0 Å². The predicted molar refractivity (Wildman–Crippen MR) is 149 cm³/mol. The summed E-state index contributed by atoms with van der Waals surface area (Å²) in [5.74, 6) is 4.08. The van der Waals surface area contributed by atoms with E-state index in [1.807, 2.05) is 0 Å². The molecule has 0 aromatic carbocycles. The number of aliphatic hydroxyl groups excluding tert-OH is 2. The largest absolute Gasteiger partial charge is 0.396 e. The van der Waals surface area contributed by atoms with E-state index in [9.17, 15) is 0 Å². The lowest BCUT2D eigenvalue weighted by Crippen LogP contribution is -2.57. The Labute approximate surface area is 217 Å². The standard InChI is InChI=1S/C24H43N.2C3H9NO/c1-22-14-6-4-8-18(22)10-11-21-20(22)13-16-23(2)19(9-5-7-17-25)12-15-24(21,23)3;2*4-2-1-3-5/h18-21H,4-17,25H2,1-3H3;2*5H,1-4H2/t18?,19?,20?,21?,22?,23-,24?;;/m1../s1. The molecule has 0 spiro atoms. The second-order valence-electron chi connectivity index (χ2n) is 12.9. The first-order chi connectivity index (χ1) is 16.8. The maximum Gasteiger partial charge on any atom is 0.0443 e. The van der Waals surface area contributed by atoms with Crippen LogP contribution in [0.25, 0.3) is 0 Å². The van der Waals surface area contributed by atoms with E-state index in [1.165, 1.54) is 70.6 Å². The van der Waals surface area contributed by atoms with Crippen molar-refractivity contribution < 1.29 is 10.2 Å². The zero-order valence-corrected chi connectivity index (χ0v) is 23.6. The molecule has 0 radical (unpaired) electrons. The van der Waals surface area contributed by atoms with Crippen LogP contribution >= 0.6 is 0 Å². The van der Waals surface area contributed by atoms with Crippen LogP contribution in [0.2, 0.25) is 0 Å². The van der Waals surface area contributed by atoms with Gasteiger partial charge in [-0.05, 0) is 137 Å². The number of fused-ring (bicyclic) bond motifs is 5. The molecule has 208 valence electrons. The molecule has 8 N–H and O–H groups in total. The molecule has 7 atom stereocenters. The van der Waals surface area contributed by atoms with Gasteiger partial charge in [-0.2, -0.15) is 0 Å². The van der Waals surface area contributed by atoms with Crippen molar-refractivity contribution in [2.45, 2.75) is 117 Å². The molecule has 0 aromatic rings. The van der Waals surface area contributed by atoms with Crippen molar-refractivity contribution in [3.05, 3.63) is 0 Å². The predicted octanol–water partition coefficient (Wildman–Crippen LogP) is 5.21. The molecule has 0 bridgehead atoms. The summed E-state index contributed by atoms with van der Waals surface area (Å²) >= 11 is 0. The third kappa shape index (κ3) is 6.82. The summed E-state index contributed by atoms with van der Waals surface area (Å²) in [4.78, 5) is 0. The first kappa shape index (κ1) is 31.0. The van der Waals surface area contributed by atoms with Gasteiger partial charge in [0.25, 0.3) is 0 Å². The third-order valence-electron chi connectivity index (χ3n) is 11.4. The molecule has 4 fully saturated rings. The maximum atomic E-state index is 7.99. The lowest BCUT2D eigenvalue weighted by molar-refractivity contribution is -0.153. The van der Waals surface area contributed by atoms with Crippen LogP contribution in [0.1, 0.15) is 117 Å². The number of hydrogen-bond donors (Lipinski definition) is 5. The molecule has 0 heterocycles. The summed E-state index contributed by atoms with van der Waals surface area (Å²) in [5.41, 5.74) is 17.6. The monoisotopic (exact) mass is 495 g/mol. The Kier molecular flexibility index (Phi) is 13.0. The van der Waals surface area contributed by atoms with Crippen molar-refractivity contribution >= 4 is 0 Å². The van der Waals surface area contributed by atoms with E-state index >= 15 is 0 Å². The Bertz CT molecular complexity index is 580. The second-order valence-corrected chi connectivity index (χ2v) is 12.9. The minimum absolute atomic E-state index is 0.219. The molecule has 0 aromatic heterocycles. The molecule has 5 nitrogen and oxygen atoms in total. The summed E-state index contributed by atoms with van der Waals surface area (Å²) in [7, 11) is 0. The van der Waals surface area contributed by atoms with Crippen LogP contribution in [0.15, 0.2) is 0 Å². The topological polar surface area (TPSA) is 119 Å². The number of rotatable bonds is 8. The Morgan fingerprint density at radius 1 is 0.629 bits per heavy atom. The van der Waals surface area contributed by atoms with Crippen molar-refractivity contribution in [2.75, 3.05) is 32.8 Å². The fraction of sp³-hybridized carbons (Fsp3) is 1.00. The van der Waals surface area contributed by atoms with Gasteiger partial charge >= 0.3 is 0 Å². The third-order valence-corrected chi connectivity index (χ3v) is 11.4. The van der Waals surface area contributed by atoms with Crippen molar-refractivity contribution in [3.8, 4) is 0 Å². The van der Waals surface area contributed by atoms with E-state index in [2.05, 4.69) is 20.8 Å². The molecular formula is C30H61N3O2. The van der Waals surface area contributed by atoms with E-state index in [0.717, 1.165) is 43.1 Å². The maximum absolute atomic E-state index is 7.99. The number of nitrogens with two attached hydrogens (primary N) is 3. The smallest absolute Gasteiger partial charge is 0.0443 e. The summed E-state index contributed by atoms with van der Waals surface area (Å²) in [6.07, 6.45) is 20.7. The zero-order chi connectivity index (χ0) is 26.0. The van der Waals surface area contributed by atoms with Crippen LogP contribution < -0.4 is 17.2 Å². The van der Waals surface area contributed by atoms with E-state index < -0.39 is 0 Å². The highest BCUT2D eigenvalue weighted by atomic mass is 16.3. The molecule has 4 saturated carbocycles. The molecule has 4 aliphatic rings. The lowest BCUT2D eigenvalue weighted by atomic mass is 9.40. The molecule has 6 unspecified atom stereocenters. The zero-order valence-electron chi connectivity index (χ0n) is 23.6. The summed E-state index contributed by atoms with van der Waals surface area (Å²) in [6.45, 7) is 10.7. The number of hydrogen-bond acceptors (Lipinski definition) is 5. The minimum Gasteiger partial charge on any atom is -0.396 e. The van der Waals surface area contributed by atoms with Gasteiger partial charge in [0.2, 0.25) is 0 Å². The SMILES string of the molecule is CC12CCCCC1CCC1C2CC[C@]2(C)C(CCCCN)CCC12C.NCCCO.NCCCO. The van der Waals surface area contributed by atoms with Gasteiger partial charge in [-0.15, -0.1) is 0 Å². The first-order valence-electron chi connectivity index (χ1n) is 15.1. The van der Waals surface area contributed by atoms with Gasteiger partial charge in [-0.25, -0.2) is 0 Å². The Balaban J connectivity index is 0.000000368. The van der Waals surface area contributed by atoms with E-state index in [4.69, 9.17) is 27.4 Å². The highest BCUT2D eigenvalue weighted by Gasteiger charge is 2.64. The first-order valence-corrected chi connectivity index (χ1v) is 15.1. The Hall–Kier alpha value is -0.200. The quantitative estimate of drug-likeness (QED) is 0.296. The molecule has 0 aliphatic heterocycles. The van der Waals surface area contributed by atoms with Crippen LogP contribution in [0.3, 0.4) is 0 Å². The molecule has 5 heteroatoms. The lowest BCUT2D eigenvalue weighted by Gasteiger charge is -2.64. The highest BCUT2D eigenvalue weighted by molar-refractivity contribution is 5.13. The highest BCUT2D eigenvalue weighted by Crippen LogP contribution is 2.73. The Morgan fingerprint density at radius 2 is 1.26 bits per heavy atom. The Morgan fingerprint density at radius 3 is 1.83 bits per heavy atom. The van der Waals surface area contributed by atoms with Crippen molar-refractivity contribution in [2.24, 2.45) is 57.1 Å².